The van der Waals surface area contributed by atoms with Crippen molar-refractivity contribution in [1.82, 2.24) is 10.2 Å². The number of nitrogens with one attached hydrogen (secondary N) is 2. The van der Waals surface area contributed by atoms with Gasteiger partial charge >= 0.3 is 6.03 Å². The lowest BCUT2D eigenvalue weighted by Gasteiger charge is -2.33. The highest BCUT2D eigenvalue weighted by molar-refractivity contribution is 5.94. The van der Waals surface area contributed by atoms with Gasteiger partial charge in [0.25, 0.3) is 5.91 Å². The lowest BCUT2D eigenvalue weighted by atomic mass is 9.89. The number of amides is 3. The molecule has 1 fully saturated rings. The van der Waals surface area contributed by atoms with E-state index in [1.165, 1.54) is 12.1 Å². The average molecular weight is 476 g/mol. The fraction of sp³-hybridized carbons (Fsp3) is 0.286. The Morgan fingerprint density at radius 1 is 1.06 bits per heavy atom. The summed E-state index contributed by atoms with van der Waals surface area (Å²) in [5.74, 6) is 0.373. The summed E-state index contributed by atoms with van der Waals surface area (Å²) in [5.41, 5.74) is 3.00. The Morgan fingerprint density at radius 2 is 1.86 bits per heavy atom. The Morgan fingerprint density at radius 3 is 2.63 bits per heavy atom. The van der Waals surface area contributed by atoms with Gasteiger partial charge in [-0.3, -0.25) is 4.79 Å². The van der Waals surface area contributed by atoms with Gasteiger partial charge in [-0.25, -0.2) is 9.18 Å². The van der Waals surface area contributed by atoms with E-state index >= 15 is 0 Å². The van der Waals surface area contributed by atoms with Crippen LogP contribution in [-0.2, 0) is 6.54 Å². The van der Waals surface area contributed by atoms with Gasteiger partial charge in [-0.2, -0.15) is 0 Å². The number of halogens is 1. The molecule has 3 aromatic carbocycles. The molecule has 2 N–H and O–H groups in total. The molecule has 182 valence electrons. The zero-order valence-corrected chi connectivity index (χ0v) is 19.8. The lowest BCUT2D eigenvalue weighted by molar-refractivity contribution is 0.0950. The first-order chi connectivity index (χ1) is 17.0. The first-order valence-corrected chi connectivity index (χ1v) is 11.9. The number of piperidine rings is 1. The lowest BCUT2D eigenvalue weighted by Crippen LogP contribution is -2.41. The van der Waals surface area contributed by atoms with Crippen molar-refractivity contribution >= 4 is 17.6 Å². The number of carbonyl (C=O) groups is 2. The third-order valence-electron chi connectivity index (χ3n) is 6.09. The number of rotatable bonds is 7. The van der Waals surface area contributed by atoms with E-state index in [-0.39, 0.29) is 30.2 Å². The Labute approximate surface area is 205 Å². The van der Waals surface area contributed by atoms with Crippen LogP contribution >= 0.6 is 0 Å². The molecule has 1 atom stereocenters. The number of anilines is 1. The summed E-state index contributed by atoms with van der Waals surface area (Å²) in [5, 5.41) is 5.81. The zero-order chi connectivity index (χ0) is 24.6. The Hall–Kier alpha value is -3.87. The van der Waals surface area contributed by atoms with Gasteiger partial charge in [-0.05, 0) is 79.4 Å². The van der Waals surface area contributed by atoms with Gasteiger partial charge in [0.05, 0.1) is 6.61 Å². The van der Waals surface area contributed by atoms with Crippen molar-refractivity contribution in [3.05, 3.63) is 95.3 Å². The second-order valence-corrected chi connectivity index (χ2v) is 8.61. The number of benzene rings is 3. The molecule has 0 aliphatic carbocycles. The number of hydrogen-bond acceptors (Lipinski definition) is 3. The molecule has 1 unspecified atom stereocenters. The quantitative estimate of drug-likeness (QED) is 0.470. The molecule has 1 saturated heterocycles. The van der Waals surface area contributed by atoms with Crippen LogP contribution in [0.5, 0.6) is 5.75 Å². The third kappa shape index (κ3) is 6.59. The molecule has 35 heavy (non-hydrogen) atoms. The Balaban J connectivity index is 1.36. The first kappa shape index (κ1) is 24.3. The van der Waals surface area contributed by atoms with Crippen LogP contribution in [0.1, 0.15) is 47.2 Å². The van der Waals surface area contributed by atoms with E-state index in [1.807, 2.05) is 54.3 Å². The van der Waals surface area contributed by atoms with Gasteiger partial charge < -0.3 is 20.3 Å². The predicted molar refractivity (Wildman–Crippen MR) is 134 cm³/mol. The van der Waals surface area contributed by atoms with Gasteiger partial charge in [0.1, 0.15) is 11.6 Å². The van der Waals surface area contributed by atoms with Crippen LogP contribution in [0.15, 0.2) is 72.8 Å². The minimum Gasteiger partial charge on any atom is -0.494 e. The van der Waals surface area contributed by atoms with E-state index in [4.69, 9.17) is 4.74 Å². The molecule has 1 heterocycles. The van der Waals surface area contributed by atoms with Crippen LogP contribution in [0.3, 0.4) is 0 Å². The first-order valence-electron chi connectivity index (χ1n) is 11.9. The maximum atomic E-state index is 13.4. The van der Waals surface area contributed by atoms with Gasteiger partial charge in [0.2, 0.25) is 0 Å². The van der Waals surface area contributed by atoms with Crippen molar-refractivity contribution < 1.29 is 18.7 Å². The number of urea groups is 1. The topological polar surface area (TPSA) is 70.7 Å². The summed E-state index contributed by atoms with van der Waals surface area (Å²) in [6.45, 7) is 4.04. The van der Waals surface area contributed by atoms with Gasteiger partial charge in [-0.1, -0.05) is 24.3 Å². The molecular weight excluding hydrogens is 445 g/mol. The summed E-state index contributed by atoms with van der Waals surface area (Å²) < 4.78 is 18.8. The molecular formula is C28H30FN3O3. The number of carbonyl (C=O) groups excluding carboxylic acids is 2. The second kappa shape index (κ2) is 11.5. The van der Waals surface area contributed by atoms with Gasteiger partial charge in [-0.15, -0.1) is 0 Å². The fourth-order valence-corrected chi connectivity index (χ4v) is 4.30. The van der Waals surface area contributed by atoms with Crippen molar-refractivity contribution in [2.45, 2.75) is 32.2 Å². The fourth-order valence-electron chi connectivity index (χ4n) is 4.30. The summed E-state index contributed by atoms with van der Waals surface area (Å²) >= 11 is 0. The summed E-state index contributed by atoms with van der Waals surface area (Å²) in [7, 11) is 0. The van der Waals surface area contributed by atoms with Crippen LogP contribution in [0.4, 0.5) is 14.9 Å². The minimum absolute atomic E-state index is 0.136. The molecule has 6 nitrogen and oxygen atoms in total. The largest absolute Gasteiger partial charge is 0.494 e. The average Bonchev–Trinajstić information content (AvgIpc) is 2.89. The normalized spacial score (nSPS) is 15.4. The summed E-state index contributed by atoms with van der Waals surface area (Å²) in [4.78, 5) is 27.4. The standard InChI is InChI=1S/C28H30FN3O3/c1-2-35-26-13-11-25(12-14-26)31-28(34)32-15-5-9-23(19-32)21-7-4-8-22(17-21)27(33)30-18-20-6-3-10-24(29)16-20/h3-4,6-8,10-14,16-17,23H,2,5,9,15,18-19H2,1H3,(H,30,33)(H,31,34). The van der Waals surface area contributed by atoms with Crippen molar-refractivity contribution in [3.63, 3.8) is 0 Å². The monoisotopic (exact) mass is 475 g/mol. The van der Waals surface area contributed by atoms with E-state index in [0.717, 1.165) is 29.8 Å². The highest BCUT2D eigenvalue weighted by atomic mass is 19.1. The van der Waals surface area contributed by atoms with Crippen LogP contribution in [-0.4, -0.2) is 36.5 Å². The molecule has 3 aromatic rings. The molecule has 1 aliphatic heterocycles. The number of nitrogens with zero attached hydrogens (tertiary/aromatic N) is 1. The highest BCUT2D eigenvalue weighted by Crippen LogP contribution is 2.28. The molecule has 0 radical (unpaired) electrons. The van der Waals surface area contributed by atoms with E-state index in [9.17, 15) is 14.0 Å². The molecule has 0 saturated carbocycles. The Kier molecular flexibility index (Phi) is 7.98. The number of hydrogen-bond donors (Lipinski definition) is 2. The van der Waals surface area contributed by atoms with Crippen LogP contribution in [0.2, 0.25) is 0 Å². The Bertz CT molecular complexity index is 1170. The minimum atomic E-state index is -0.327. The van der Waals surface area contributed by atoms with E-state index in [2.05, 4.69) is 10.6 Å². The highest BCUT2D eigenvalue weighted by Gasteiger charge is 2.25. The van der Waals surface area contributed by atoms with Crippen LogP contribution < -0.4 is 15.4 Å². The van der Waals surface area contributed by atoms with E-state index in [0.29, 0.717) is 30.8 Å². The molecule has 3 amide bonds. The molecule has 1 aliphatic rings. The van der Waals surface area contributed by atoms with Gasteiger partial charge in [0, 0.05) is 36.8 Å². The smallest absolute Gasteiger partial charge is 0.321 e. The van der Waals surface area contributed by atoms with Crippen LogP contribution in [0.25, 0.3) is 0 Å². The molecule has 0 spiro atoms. The van der Waals surface area contributed by atoms with Crippen LogP contribution in [0, 0.1) is 5.82 Å². The second-order valence-electron chi connectivity index (χ2n) is 8.61. The zero-order valence-electron chi connectivity index (χ0n) is 19.8. The van der Waals surface area contributed by atoms with E-state index in [1.54, 1.807) is 18.2 Å². The number of ether oxygens (including phenoxy) is 1. The molecule has 4 rings (SSSR count). The third-order valence-corrected chi connectivity index (χ3v) is 6.09. The van der Waals surface area contributed by atoms with Crippen molar-refractivity contribution in [2.75, 3.05) is 25.0 Å². The maximum Gasteiger partial charge on any atom is 0.321 e. The van der Waals surface area contributed by atoms with Crippen molar-refractivity contribution in [3.8, 4) is 5.75 Å². The van der Waals surface area contributed by atoms with Crippen molar-refractivity contribution in [2.24, 2.45) is 0 Å². The molecule has 0 bridgehead atoms. The maximum absolute atomic E-state index is 13.4. The summed E-state index contributed by atoms with van der Waals surface area (Å²) in [6.07, 6.45) is 1.83. The SMILES string of the molecule is CCOc1ccc(NC(=O)N2CCCC(c3cccc(C(=O)NCc4cccc(F)c4)c3)C2)cc1. The predicted octanol–water partition coefficient (Wildman–Crippen LogP) is 5.57. The summed E-state index contributed by atoms with van der Waals surface area (Å²) in [6, 6.07) is 20.9. The van der Waals surface area contributed by atoms with Crippen molar-refractivity contribution in [1.29, 1.82) is 0 Å². The molecule has 0 aromatic heterocycles. The van der Waals surface area contributed by atoms with Gasteiger partial charge in [0.15, 0.2) is 0 Å². The number of likely N-dealkylation sites (tertiary alicyclic amines) is 1. The van der Waals surface area contributed by atoms with E-state index < -0.39 is 0 Å². The molecule has 7 heteroatoms.